The van der Waals surface area contributed by atoms with Gasteiger partial charge in [0.25, 0.3) is 0 Å². The Balaban J connectivity index is 2.03. The number of Topliss-reactive ketones (excluding diaryl/α,β-unsaturated/α-hetero) is 1. The first kappa shape index (κ1) is 14.8. The highest BCUT2D eigenvalue weighted by Crippen LogP contribution is 2.15. The summed E-state index contributed by atoms with van der Waals surface area (Å²) in [5, 5.41) is 9.08. The predicted octanol–water partition coefficient (Wildman–Crippen LogP) is 3.25. The van der Waals surface area contributed by atoms with Gasteiger partial charge in [-0.1, -0.05) is 29.8 Å². The summed E-state index contributed by atoms with van der Waals surface area (Å²) in [5.74, 6) is -1.04. The number of nitriles is 1. The lowest BCUT2D eigenvalue weighted by molar-refractivity contribution is 0.0474. The molecule has 0 aromatic heterocycles. The zero-order chi connectivity index (χ0) is 15.2. The van der Waals surface area contributed by atoms with Gasteiger partial charge in [-0.05, 0) is 30.3 Å². The first-order valence-corrected chi connectivity index (χ1v) is 6.44. The molecule has 0 saturated heterocycles. The van der Waals surface area contributed by atoms with Crippen LogP contribution in [0.25, 0.3) is 0 Å². The van der Waals surface area contributed by atoms with Crippen LogP contribution in [0.15, 0.2) is 48.5 Å². The molecule has 0 unspecified atom stereocenters. The highest BCUT2D eigenvalue weighted by molar-refractivity contribution is 6.34. The number of benzene rings is 2. The molecule has 21 heavy (non-hydrogen) atoms. The normalized spacial score (nSPS) is 9.71. The standard InChI is InChI=1S/C16H10ClNO3/c17-14-7-2-1-6-13(14)15(19)10-21-16(20)12-5-3-4-11(8-12)9-18/h1-8H,10H2. The Morgan fingerprint density at radius 1 is 1.14 bits per heavy atom. The van der Waals surface area contributed by atoms with Crippen molar-refractivity contribution in [3.8, 4) is 6.07 Å². The minimum absolute atomic E-state index is 0.223. The van der Waals surface area contributed by atoms with Gasteiger partial charge in [-0.2, -0.15) is 5.26 Å². The van der Waals surface area contributed by atoms with Gasteiger partial charge in [0.05, 0.1) is 22.2 Å². The minimum Gasteiger partial charge on any atom is -0.454 e. The van der Waals surface area contributed by atoms with E-state index >= 15 is 0 Å². The van der Waals surface area contributed by atoms with Crippen LogP contribution in [-0.2, 0) is 4.74 Å². The van der Waals surface area contributed by atoms with Crippen molar-refractivity contribution in [2.75, 3.05) is 6.61 Å². The first-order valence-electron chi connectivity index (χ1n) is 6.07. The summed E-state index contributed by atoms with van der Waals surface area (Å²) >= 11 is 5.89. The van der Waals surface area contributed by atoms with Crippen LogP contribution < -0.4 is 0 Å². The summed E-state index contributed by atoms with van der Waals surface area (Å²) in [6.07, 6.45) is 0. The quantitative estimate of drug-likeness (QED) is 0.642. The van der Waals surface area contributed by atoms with Gasteiger partial charge in [0, 0.05) is 5.56 Å². The van der Waals surface area contributed by atoms with Crippen LogP contribution in [0.3, 0.4) is 0 Å². The summed E-state index contributed by atoms with van der Waals surface area (Å²) in [6.45, 7) is -0.403. The Bertz CT molecular complexity index is 734. The number of hydrogen-bond acceptors (Lipinski definition) is 4. The zero-order valence-electron chi connectivity index (χ0n) is 10.9. The average Bonchev–Trinajstić information content (AvgIpc) is 2.52. The smallest absolute Gasteiger partial charge is 0.338 e. The van der Waals surface area contributed by atoms with E-state index in [0.29, 0.717) is 16.1 Å². The second kappa shape index (κ2) is 6.69. The molecular formula is C16H10ClNO3. The van der Waals surface area contributed by atoms with Gasteiger partial charge in [0.2, 0.25) is 5.78 Å². The molecule has 5 heteroatoms. The molecule has 0 N–H and O–H groups in total. The van der Waals surface area contributed by atoms with E-state index in [1.165, 1.54) is 12.1 Å². The average molecular weight is 300 g/mol. The number of esters is 1. The van der Waals surface area contributed by atoms with E-state index in [0.717, 1.165) is 0 Å². The van der Waals surface area contributed by atoms with E-state index in [-0.39, 0.29) is 11.3 Å². The highest BCUT2D eigenvalue weighted by atomic mass is 35.5. The molecule has 2 aromatic rings. The number of halogens is 1. The SMILES string of the molecule is N#Cc1cccc(C(=O)OCC(=O)c2ccccc2Cl)c1. The second-order valence-electron chi connectivity index (χ2n) is 4.17. The number of rotatable bonds is 4. The van der Waals surface area contributed by atoms with E-state index in [9.17, 15) is 9.59 Å². The summed E-state index contributed by atoms with van der Waals surface area (Å²) in [5.41, 5.74) is 0.876. The summed E-state index contributed by atoms with van der Waals surface area (Å²) in [7, 11) is 0. The lowest BCUT2D eigenvalue weighted by Gasteiger charge is -2.05. The maximum absolute atomic E-state index is 11.9. The molecule has 0 aliphatic rings. The van der Waals surface area contributed by atoms with E-state index < -0.39 is 12.6 Å². The molecule has 0 heterocycles. The fourth-order valence-corrected chi connectivity index (χ4v) is 1.94. The van der Waals surface area contributed by atoms with E-state index in [1.807, 2.05) is 6.07 Å². The third kappa shape index (κ3) is 3.68. The number of carbonyl (C=O) groups is 2. The van der Waals surface area contributed by atoms with Crippen LogP contribution in [0.1, 0.15) is 26.3 Å². The second-order valence-corrected chi connectivity index (χ2v) is 4.58. The maximum atomic E-state index is 11.9. The van der Waals surface area contributed by atoms with Crippen LogP contribution in [0.2, 0.25) is 5.02 Å². The molecule has 2 aromatic carbocycles. The van der Waals surface area contributed by atoms with Crippen molar-refractivity contribution < 1.29 is 14.3 Å². The summed E-state index contributed by atoms with van der Waals surface area (Å²) in [4.78, 5) is 23.7. The Labute approximate surface area is 126 Å². The lowest BCUT2D eigenvalue weighted by atomic mass is 10.1. The van der Waals surface area contributed by atoms with Gasteiger partial charge in [0.1, 0.15) is 0 Å². The molecule has 0 atom stereocenters. The van der Waals surface area contributed by atoms with E-state index in [1.54, 1.807) is 36.4 Å². The minimum atomic E-state index is -0.660. The van der Waals surface area contributed by atoms with Gasteiger partial charge < -0.3 is 4.74 Å². The number of hydrogen-bond donors (Lipinski definition) is 0. The van der Waals surface area contributed by atoms with Crippen molar-refractivity contribution in [2.24, 2.45) is 0 Å². The molecule has 104 valence electrons. The van der Waals surface area contributed by atoms with Gasteiger partial charge in [-0.15, -0.1) is 0 Å². The van der Waals surface area contributed by atoms with Crippen LogP contribution in [0, 0.1) is 11.3 Å². The Morgan fingerprint density at radius 3 is 2.62 bits per heavy atom. The molecular weight excluding hydrogens is 290 g/mol. The molecule has 0 radical (unpaired) electrons. The van der Waals surface area contributed by atoms with Crippen LogP contribution in [-0.4, -0.2) is 18.4 Å². The summed E-state index contributed by atoms with van der Waals surface area (Å²) < 4.78 is 4.94. The van der Waals surface area contributed by atoms with E-state index in [4.69, 9.17) is 21.6 Å². The summed E-state index contributed by atoms with van der Waals surface area (Å²) in [6, 6.07) is 14.5. The number of carbonyl (C=O) groups excluding carboxylic acids is 2. The van der Waals surface area contributed by atoms with Crippen molar-refractivity contribution in [3.63, 3.8) is 0 Å². The molecule has 0 aliphatic heterocycles. The Morgan fingerprint density at radius 2 is 1.90 bits per heavy atom. The molecule has 4 nitrogen and oxygen atoms in total. The molecule has 0 fully saturated rings. The number of ether oxygens (including phenoxy) is 1. The number of nitrogens with zero attached hydrogens (tertiary/aromatic N) is 1. The Hall–Kier alpha value is -2.64. The van der Waals surface area contributed by atoms with Gasteiger partial charge in [0.15, 0.2) is 6.61 Å². The van der Waals surface area contributed by atoms with Crippen LogP contribution in [0.5, 0.6) is 0 Å². The third-order valence-corrected chi connectivity index (χ3v) is 3.07. The third-order valence-electron chi connectivity index (χ3n) is 2.74. The van der Waals surface area contributed by atoms with Gasteiger partial charge >= 0.3 is 5.97 Å². The molecule has 0 spiro atoms. The van der Waals surface area contributed by atoms with Crippen molar-refractivity contribution in [1.29, 1.82) is 5.26 Å². The first-order chi connectivity index (χ1) is 10.1. The molecule has 2 rings (SSSR count). The van der Waals surface area contributed by atoms with Crippen LogP contribution >= 0.6 is 11.6 Å². The molecule has 0 saturated carbocycles. The van der Waals surface area contributed by atoms with Crippen LogP contribution in [0.4, 0.5) is 0 Å². The fraction of sp³-hybridized carbons (Fsp3) is 0.0625. The van der Waals surface area contributed by atoms with Gasteiger partial charge in [-0.3, -0.25) is 4.79 Å². The monoisotopic (exact) mass is 299 g/mol. The maximum Gasteiger partial charge on any atom is 0.338 e. The van der Waals surface area contributed by atoms with Crippen molar-refractivity contribution in [2.45, 2.75) is 0 Å². The molecule has 0 bridgehead atoms. The van der Waals surface area contributed by atoms with E-state index in [2.05, 4.69) is 0 Å². The molecule has 0 amide bonds. The Kier molecular flexibility index (Phi) is 4.70. The van der Waals surface area contributed by atoms with Gasteiger partial charge in [-0.25, -0.2) is 4.79 Å². The topological polar surface area (TPSA) is 67.2 Å². The zero-order valence-corrected chi connectivity index (χ0v) is 11.6. The number of ketones is 1. The van der Waals surface area contributed by atoms with Crippen molar-refractivity contribution in [1.82, 2.24) is 0 Å². The largest absolute Gasteiger partial charge is 0.454 e. The lowest BCUT2D eigenvalue weighted by Crippen LogP contribution is -2.14. The highest BCUT2D eigenvalue weighted by Gasteiger charge is 2.14. The van der Waals surface area contributed by atoms with Crippen molar-refractivity contribution in [3.05, 3.63) is 70.2 Å². The van der Waals surface area contributed by atoms with Crippen molar-refractivity contribution >= 4 is 23.4 Å². The fourth-order valence-electron chi connectivity index (χ4n) is 1.70. The molecule has 0 aliphatic carbocycles. The predicted molar refractivity (Wildman–Crippen MR) is 77.2 cm³/mol.